The van der Waals surface area contributed by atoms with Crippen LogP contribution in [0.15, 0.2) is 44.9 Å². The standard InChI is InChI=1S/C22H30N4O3S/c1-4-5-6-7-8-9-13-16-18-23-22(2,19(30)29-3)26-21(28)24(20(27)25(18)26)17-14-11-10-12-15-17/h10-12,14-15H,4-9,13,16H2,1-3H3. The molecule has 0 fully saturated rings. The number of methoxy groups -OCH3 is 1. The normalized spacial score (nSPS) is 17.6. The van der Waals surface area contributed by atoms with Gasteiger partial charge in [0.15, 0.2) is 0 Å². The smallest absolute Gasteiger partial charge is 0.357 e. The molecule has 3 rings (SSSR count). The number of unbranched alkanes of at least 4 members (excludes halogenated alkanes) is 6. The Labute approximate surface area is 182 Å². The lowest BCUT2D eigenvalue weighted by Gasteiger charge is -2.21. The lowest BCUT2D eigenvalue weighted by atomic mass is 10.1. The molecule has 1 aliphatic heterocycles. The molecule has 0 aliphatic carbocycles. The van der Waals surface area contributed by atoms with Gasteiger partial charge in [-0.05, 0) is 37.7 Å². The fourth-order valence-corrected chi connectivity index (χ4v) is 4.05. The molecule has 0 spiro atoms. The number of nitrogens with zero attached hydrogens (tertiary/aromatic N) is 4. The summed E-state index contributed by atoms with van der Waals surface area (Å²) in [5.74, 6) is 0.558. The lowest BCUT2D eigenvalue weighted by Crippen LogP contribution is -2.43. The molecule has 0 saturated carbocycles. The molecule has 8 heteroatoms. The number of aromatic nitrogens is 3. The van der Waals surface area contributed by atoms with E-state index in [2.05, 4.69) is 11.9 Å². The van der Waals surface area contributed by atoms with Crippen molar-refractivity contribution in [2.24, 2.45) is 4.99 Å². The second-order valence-electron chi connectivity index (χ2n) is 7.77. The molecule has 2 aromatic rings. The lowest BCUT2D eigenvalue weighted by molar-refractivity contribution is 0.308. The van der Waals surface area contributed by atoms with E-state index in [0.717, 1.165) is 23.8 Å². The second kappa shape index (κ2) is 9.55. The Hall–Kier alpha value is -2.48. The van der Waals surface area contributed by atoms with Crippen LogP contribution in [0.2, 0.25) is 0 Å². The van der Waals surface area contributed by atoms with Crippen LogP contribution in [0.3, 0.4) is 0 Å². The number of hydrogen-bond acceptors (Lipinski definition) is 5. The van der Waals surface area contributed by atoms with Crippen molar-refractivity contribution in [2.75, 3.05) is 7.11 Å². The van der Waals surface area contributed by atoms with Crippen molar-refractivity contribution in [1.82, 2.24) is 13.9 Å². The zero-order valence-corrected chi connectivity index (χ0v) is 18.8. The number of rotatable bonds is 10. The first-order valence-corrected chi connectivity index (χ1v) is 11.1. The van der Waals surface area contributed by atoms with Crippen LogP contribution >= 0.6 is 12.2 Å². The molecule has 1 unspecified atom stereocenters. The molecule has 1 atom stereocenters. The predicted octanol–water partition coefficient (Wildman–Crippen LogP) is 3.85. The number of benzene rings is 1. The number of aliphatic imine (C=N–C) groups is 1. The van der Waals surface area contributed by atoms with Gasteiger partial charge in [0.05, 0.1) is 12.8 Å². The van der Waals surface area contributed by atoms with Crippen molar-refractivity contribution in [3.63, 3.8) is 0 Å². The van der Waals surface area contributed by atoms with Gasteiger partial charge >= 0.3 is 11.4 Å². The van der Waals surface area contributed by atoms with Crippen molar-refractivity contribution < 1.29 is 4.74 Å². The van der Waals surface area contributed by atoms with E-state index < -0.39 is 17.0 Å². The molecule has 7 nitrogen and oxygen atoms in total. The third kappa shape index (κ3) is 4.05. The summed E-state index contributed by atoms with van der Waals surface area (Å²) in [6.45, 7) is 3.92. The van der Waals surface area contributed by atoms with Gasteiger partial charge in [0, 0.05) is 6.42 Å². The molecular formula is C22H30N4O3S. The van der Waals surface area contributed by atoms with Gasteiger partial charge in [-0.2, -0.15) is 9.36 Å². The average Bonchev–Trinajstić information content (AvgIpc) is 3.20. The molecule has 0 bridgehead atoms. The molecule has 1 aliphatic rings. The van der Waals surface area contributed by atoms with Gasteiger partial charge in [0.1, 0.15) is 5.84 Å². The Morgan fingerprint density at radius 1 is 1.03 bits per heavy atom. The number of para-hydroxylation sites is 1. The van der Waals surface area contributed by atoms with E-state index in [1.54, 1.807) is 31.2 Å². The molecule has 0 amide bonds. The Bertz CT molecular complexity index is 1030. The monoisotopic (exact) mass is 430 g/mol. The van der Waals surface area contributed by atoms with Crippen molar-refractivity contribution in [1.29, 1.82) is 0 Å². The maximum atomic E-state index is 13.3. The van der Waals surface area contributed by atoms with Gasteiger partial charge < -0.3 is 4.74 Å². The van der Waals surface area contributed by atoms with Gasteiger partial charge in [0.2, 0.25) is 10.7 Å². The number of hydrogen-bond donors (Lipinski definition) is 0. The first-order valence-electron chi connectivity index (χ1n) is 10.7. The summed E-state index contributed by atoms with van der Waals surface area (Å²) in [4.78, 5) is 31.2. The second-order valence-corrected chi connectivity index (χ2v) is 8.14. The van der Waals surface area contributed by atoms with E-state index in [-0.39, 0.29) is 5.05 Å². The van der Waals surface area contributed by atoms with E-state index in [1.807, 2.05) is 6.07 Å². The Morgan fingerprint density at radius 3 is 2.30 bits per heavy atom. The highest BCUT2D eigenvalue weighted by molar-refractivity contribution is 7.80. The number of fused-ring (bicyclic) bond motifs is 1. The van der Waals surface area contributed by atoms with Crippen molar-refractivity contribution >= 4 is 23.1 Å². The minimum Gasteiger partial charge on any atom is -0.487 e. The summed E-state index contributed by atoms with van der Waals surface area (Å²) in [7, 11) is 1.46. The van der Waals surface area contributed by atoms with Crippen LogP contribution in [0, 0.1) is 0 Å². The maximum absolute atomic E-state index is 13.3. The van der Waals surface area contributed by atoms with E-state index >= 15 is 0 Å². The first-order chi connectivity index (χ1) is 14.5. The third-order valence-corrected chi connectivity index (χ3v) is 6.09. The zero-order valence-electron chi connectivity index (χ0n) is 18.0. The van der Waals surface area contributed by atoms with Gasteiger partial charge in [0.25, 0.3) is 0 Å². The molecular weight excluding hydrogens is 400 g/mol. The summed E-state index contributed by atoms with van der Waals surface area (Å²) in [6, 6.07) is 8.90. The summed E-state index contributed by atoms with van der Waals surface area (Å²) in [5.41, 5.74) is -1.62. The summed E-state index contributed by atoms with van der Waals surface area (Å²) in [5, 5.41) is 0.151. The molecule has 0 radical (unpaired) electrons. The van der Waals surface area contributed by atoms with Crippen LogP contribution < -0.4 is 11.4 Å². The van der Waals surface area contributed by atoms with E-state index in [9.17, 15) is 9.59 Å². The van der Waals surface area contributed by atoms with Crippen LogP contribution in [0.4, 0.5) is 0 Å². The minimum absolute atomic E-state index is 0.151. The molecule has 0 saturated heterocycles. The number of ether oxygens (including phenoxy) is 1. The fraction of sp³-hybridized carbons (Fsp3) is 0.545. The molecule has 0 N–H and O–H groups in total. The quantitative estimate of drug-likeness (QED) is 0.424. The summed E-state index contributed by atoms with van der Waals surface area (Å²) < 4.78 is 9.13. The van der Waals surface area contributed by atoms with Crippen LogP contribution in [-0.4, -0.2) is 31.9 Å². The van der Waals surface area contributed by atoms with Gasteiger partial charge in [-0.25, -0.2) is 19.1 Å². The minimum atomic E-state index is -1.23. The van der Waals surface area contributed by atoms with Crippen LogP contribution in [0.1, 0.15) is 65.2 Å². The highest BCUT2D eigenvalue weighted by Crippen LogP contribution is 2.26. The van der Waals surface area contributed by atoms with Gasteiger partial charge in [-0.1, -0.05) is 63.6 Å². The molecule has 1 aromatic heterocycles. The molecule has 2 heterocycles. The topological polar surface area (TPSA) is 70.5 Å². The first kappa shape index (κ1) is 22.2. The number of thiocarbonyl (C=S) groups is 1. The Balaban J connectivity index is 1.92. The average molecular weight is 431 g/mol. The third-order valence-electron chi connectivity index (χ3n) is 5.54. The Morgan fingerprint density at radius 2 is 1.67 bits per heavy atom. The SMILES string of the molecule is CCCCCCCCCC1=NC(C)(C(=S)OC)n2c(=O)n(-c3ccccc3)c(=O)n21. The van der Waals surface area contributed by atoms with Crippen molar-refractivity contribution in [3.8, 4) is 5.69 Å². The van der Waals surface area contributed by atoms with Crippen molar-refractivity contribution in [2.45, 2.75) is 70.9 Å². The van der Waals surface area contributed by atoms with Crippen molar-refractivity contribution in [3.05, 3.63) is 51.3 Å². The molecule has 30 heavy (non-hydrogen) atoms. The zero-order chi connectivity index (χ0) is 21.7. The Kier molecular flexibility index (Phi) is 7.07. The summed E-state index contributed by atoms with van der Waals surface area (Å²) in [6.07, 6.45) is 8.71. The van der Waals surface area contributed by atoms with Crippen LogP contribution in [-0.2, 0) is 10.4 Å². The maximum Gasteiger partial charge on any atom is 0.357 e. The highest BCUT2D eigenvalue weighted by atomic mass is 32.1. The summed E-state index contributed by atoms with van der Waals surface area (Å²) >= 11 is 5.37. The van der Waals surface area contributed by atoms with E-state index in [1.165, 1.54) is 42.2 Å². The van der Waals surface area contributed by atoms with E-state index in [4.69, 9.17) is 17.0 Å². The van der Waals surface area contributed by atoms with Crippen LogP contribution in [0.25, 0.3) is 5.69 Å². The van der Waals surface area contributed by atoms with E-state index in [0.29, 0.717) is 17.9 Å². The van der Waals surface area contributed by atoms with Gasteiger partial charge in [-0.3, -0.25) is 0 Å². The molecule has 162 valence electrons. The van der Waals surface area contributed by atoms with Crippen LogP contribution in [0.5, 0.6) is 0 Å². The fourth-order valence-electron chi connectivity index (χ4n) is 3.92. The highest BCUT2D eigenvalue weighted by Gasteiger charge is 2.44. The predicted molar refractivity (Wildman–Crippen MR) is 123 cm³/mol. The largest absolute Gasteiger partial charge is 0.487 e. The van der Waals surface area contributed by atoms with Gasteiger partial charge in [-0.15, -0.1) is 0 Å². The molecule has 1 aromatic carbocycles.